The molecule has 0 unspecified atom stereocenters. The van der Waals surface area contributed by atoms with Crippen molar-refractivity contribution >= 4 is 45.8 Å². The normalized spacial score (nSPS) is 14.1. The number of hydrogen-bond donors (Lipinski definition) is 4. The molecule has 2 aliphatic heterocycles. The highest BCUT2D eigenvalue weighted by atomic mass is 16.6. The van der Waals surface area contributed by atoms with E-state index in [4.69, 9.17) is 48.4 Å². The summed E-state index contributed by atoms with van der Waals surface area (Å²) in [4.78, 5) is 73.7. The number of ketones is 2. The number of Topliss-reactive ketones (excluding diaryl/α,β-unsaturated/α-hetero) is 2. The molecular weight excluding hydrogens is 1130 g/mol. The number of methoxy groups -OCH3 is 1. The fraction of sp³-hybridized carbons (Fsp3) is 0.569. The SMILES string of the molecule is COc1cnc(-n2cnc(C(=O)NCCNC(N)=NCCN3CCN(CCOCCOCCOCCOCc4cn(CCOCCOCCOCCOCCC(C)=O)nn4)CC3)n2)c2[nH]cc(C(=O)C(=O)N3CCC(=C(C#N)c4ccccc4)CC3)c12. The van der Waals surface area contributed by atoms with Gasteiger partial charge >= 0.3 is 0 Å². The Kier molecular flexibility index (Phi) is 29.1. The summed E-state index contributed by atoms with van der Waals surface area (Å²) in [5, 5.41) is 28.6. The minimum atomic E-state index is -0.726. The molecular formula is C58H82N16O13. The lowest BCUT2D eigenvalue weighted by molar-refractivity contribution is -0.126. The molecule has 0 radical (unpaired) electrons. The number of nitrogens with zero attached hydrogens (tertiary/aromatic N) is 12. The van der Waals surface area contributed by atoms with Crippen molar-refractivity contribution in [3.8, 4) is 17.6 Å². The Bertz CT molecular complexity index is 3000. The third kappa shape index (κ3) is 22.6. The quantitative estimate of drug-likeness (QED) is 0.0106. The molecule has 2 saturated heterocycles. The third-order valence-electron chi connectivity index (χ3n) is 14.0. The molecule has 0 atom stereocenters. The van der Waals surface area contributed by atoms with Gasteiger partial charge in [-0.3, -0.25) is 34.0 Å². The zero-order valence-corrected chi connectivity index (χ0v) is 49.9. The summed E-state index contributed by atoms with van der Waals surface area (Å²) in [6.45, 7) is 16.5. The number of nitrogens with one attached hydrogen (secondary N) is 3. The molecule has 0 bridgehead atoms. The number of fused-ring (bicyclic) bond motifs is 1. The van der Waals surface area contributed by atoms with E-state index in [1.165, 1.54) is 35.4 Å². The summed E-state index contributed by atoms with van der Waals surface area (Å²) in [7, 11) is 1.44. The van der Waals surface area contributed by atoms with Crippen LogP contribution in [0, 0.1) is 11.3 Å². The summed E-state index contributed by atoms with van der Waals surface area (Å²) in [6.07, 6.45) is 7.38. The average molecular weight is 1210 g/mol. The number of amides is 2. The first kappa shape index (κ1) is 66.9. The molecule has 7 rings (SSSR count). The Morgan fingerprint density at radius 2 is 1.33 bits per heavy atom. The molecule has 29 heteroatoms. The summed E-state index contributed by atoms with van der Waals surface area (Å²) in [5.41, 5.74) is 9.67. The topological polar surface area (TPSA) is 337 Å². The van der Waals surface area contributed by atoms with E-state index < -0.39 is 17.6 Å². The van der Waals surface area contributed by atoms with Crippen molar-refractivity contribution in [1.82, 2.24) is 65.1 Å². The number of aliphatic imine (C=N–C) groups is 1. The van der Waals surface area contributed by atoms with Crippen LogP contribution >= 0.6 is 0 Å². The number of H-pyrrole nitrogens is 1. The van der Waals surface area contributed by atoms with E-state index in [1.54, 1.807) is 11.6 Å². The molecule has 2 amide bonds. The van der Waals surface area contributed by atoms with Crippen LogP contribution in [-0.2, 0) is 60.6 Å². The average Bonchev–Trinajstić information content (AvgIpc) is 2.57. The van der Waals surface area contributed by atoms with Crippen LogP contribution in [0.15, 0.2) is 65.8 Å². The Morgan fingerprint density at radius 1 is 0.736 bits per heavy atom. The minimum absolute atomic E-state index is 0.0976. The lowest BCUT2D eigenvalue weighted by atomic mass is 9.93. The molecule has 29 nitrogen and oxygen atoms in total. The molecule has 472 valence electrons. The lowest BCUT2D eigenvalue weighted by Gasteiger charge is -2.34. The van der Waals surface area contributed by atoms with Crippen molar-refractivity contribution in [2.75, 3.05) is 178 Å². The van der Waals surface area contributed by atoms with Gasteiger partial charge in [-0.25, -0.2) is 14.6 Å². The van der Waals surface area contributed by atoms with E-state index in [1.807, 2.05) is 36.5 Å². The molecule has 5 N–H and O–H groups in total. The Morgan fingerprint density at radius 3 is 1.97 bits per heavy atom. The number of piperidine rings is 1. The van der Waals surface area contributed by atoms with Gasteiger partial charge in [0.25, 0.3) is 17.6 Å². The molecule has 2 fully saturated rings. The number of aromatic amines is 1. The number of benzene rings is 1. The largest absolute Gasteiger partial charge is 0.494 e. The van der Waals surface area contributed by atoms with Crippen LogP contribution in [0.2, 0.25) is 0 Å². The van der Waals surface area contributed by atoms with E-state index in [2.05, 4.69) is 61.9 Å². The first-order valence-electron chi connectivity index (χ1n) is 29.4. The maximum absolute atomic E-state index is 13.8. The van der Waals surface area contributed by atoms with Gasteiger partial charge in [0, 0.05) is 78.1 Å². The van der Waals surface area contributed by atoms with Crippen molar-refractivity contribution in [3.05, 3.63) is 83.5 Å². The third-order valence-corrected chi connectivity index (χ3v) is 14.0. The zero-order chi connectivity index (χ0) is 61.3. The summed E-state index contributed by atoms with van der Waals surface area (Å²) >= 11 is 0. The number of aromatic nitrogens is 8. The van der Waals surface area contributed by atoms with Crippen molar-refractivity contribution < 1.29 is 61.8 Å². The van der Waals surface area contributed by atoms with Gasteiger partial charge in [-0.1, -0.05) is 35.5 Å². The highest BCUT2D eigenvalue weighted by molar-refractivity contribution is 6.45. The molecule has 6 heterocycles. The molecule has 0 aliphatic carbocycles. The summed E-state index contributed by atoms with van der Waals surface area (Å²) in [5.74, 6) is -1.15. The number of ether oxygens (including phenoxy) is 9. The van der Waals surface area contributed by atoms with Crippen LogP contribution in [0.25, 0.3) is 22.3 Å². The number of rotatable bonds is 41. The maximum atomic E-state index is 13.8. The smallest absolute Gasteiger partial charge is 0.295 e. The maximum Gasteiger partial charge on any atom is 0.295 e. The molecule has 1 aromatic carbocycles. The predicted octanol–water partition coefficient (Wildman–Crippen LogP) is 1.09. The summed E-state index contributed by atoms with van der Waals surface area (Å²) < 4.78 is 53.1. The van der Waals surface area contributed by atoms with E-state index in [-0.39, 0.29) is 41.2 Å². The van der Waals surface area contributed by atoms with E-state index in [0.29, 0.717) is 174 Å². The number of carbonyl (C=O) groups is 4. The zero-order valence-electron chi connectivity index (χ0n) is 49.9. The van der Waals surface area contributed by atoms with Crippen LogP contribution in [0.3, 0.4) is 0 Å². The first-order chi connectivity index (χ1) is 42.6. The number of pyridine rings is 1. The molecule has 4 aromatic heterocycles. The Labute approximate surface area is 505 Å². The molecule has 0 saturated carbocycles. The number of guanidine groups is 1. The molecule has 0 spiro atoms. The second kappa shape index (κ2) is 37.8. The van der Waals surface area contributed by atoms with Crippen LogP contribution in [0.5, 0.6) is 5.75 Å². The van der Waals surface area contributed by atoms with E-state index in [9.17, 15) is 24.4 Å². The number of piperazine rings is 1. The van der Waals surface area contributed by atoms with Crippen molar-refractivity contribution in [1.29, 1.82) is 5.26 Å². The van der Waals surface area contributed by atoms with Gasteiger partial charge < -0.3 is 68.9 Å². The number of nitrogens with two attached hydrogens (primary N) is 1. The molecule has 87 heavy (non-hydrogen) atoms. The second-order valence-corrected chi connectivity index (χ2v) is 20.1. The van der Waals surface area contributed by atoms with Gasteiger partial charge in [-0.15, -0.1) is 10.2 Å². The van der Waals surface area contributed by atoms with Crippen LogP contribution in [-0.4, -0.2) is 262 Å². The standard InChI is InChI=1S/C58H82N16O13/c1-44(75)10-23-80-26-29-83-32-33-85-31-28-82-25-22-73-41-47(67-69-73)42-87-37-36-86-35-34-84-30-27-81-24-21-71-19-17-70(18-20-71)16-13-63-58(60)62-12-11-61-56(77)54-66-43-74(68-54)55-52-51(50(79-2)40-65-55)49(39-64-52)53(76)57(78)72-14-8-46(9-15-72)48(38-59)45-6-4-3-5-7-45/h3-7,39-41,43,64H,8-37,42H2,1-2H3,(H,61,77)(H3,60,62,63). The van der Waals surface area contributed by atoms with Gasteiger partial charge in [0.2, 0.25) is 5.82 Å². The number of likely N-dealkylation sites (tertiary alicyclic amines) is 1. The lowest BCUT2D eigenvalue weighted by Crippen LogP contribution is -2.48. The number of carbonyl (C=O) groups excluding carboxylic acids is 4. The predicted molar refractivity (Wildman–Crippen MR) is 317 cm³/mol. The van der Waals surface area contributed by atoms with Gasteiger partial charge in [-0.2, -0.15) is 9.94 Å². The van der Waals surface area contributed by atoms with Crippen LogP contribution in [0.4, 0.5) is 0 Å². The number of allylic oxidation sites excluding steroid dienone is 1. The Hall–Kier alpha value is -7.63. The number of nitriles is 1. The van der Waals surface area contributed by atoms with E-state index in [0.717, 1.165) is 56.1 Å². The van der Waals surface area contributed by atoms with Crippen molar-refractivity contribution in [2.45, 2.75) is 39.3 Å². The van der Waals surface area contributed by atoms with Crippen molar-refractivity contribution in [3.63, 3.8) is 0 Å². The molecule has 5 aromatic rings. The Balaban J connectivity index is 0.660. The van der Waals surface area contributed by atoms with Gasteiger partial charge in [-0.05, 0) is 30.9 Å². The van der Waals surface area contributed by atoms with Crippen LogP contribution < -0.4 is 21.1 Å². The second-order valence-electron chi connectivity index (χ2n) is 20.1. The van der Waals surface area contributed by atoms with Gasteiger partial charge in [0.15, 0.2) is 11.8 Å². The minimum Gasteiger partial charge on any atom is -0.494 e. The highest BCUT2D eigenvalue weighted by Gasteiger charge is 2.31. The van der Waals surface area contributed by atoms with Crippen LogP contribution in [0.1, 0.15) is 58.4 Å². The van der Waals surface area contributed by atoms with Gasteiger partial charge in [0.1, 0.15) is 23.6 Å². The monoisotopic (exact) mass is 1210 g/mol. The molecule has 2 aliphatic rings. The first-order valence-corrected chi connectivity index (χ1v) is 29.4. The highest BCUT2D eigenvalue weighted by Crippen LogP contribution is 2.33. The fourth-order valence-corrected chi connectivity index (χ4v) is 9.25. The number of hydrogen-bond acceptors (Lipinski definition) is 22. The van der Waals surface area contributed by atoms with Crippen molar-refractivity contribution in [2.24, 2.45) is 10.7 Å². The fourth-order valence-electron chi connectivity index (χ4n) is 9.25. The van der Waals surface area contributed by atoms with E-state index >= 15 is 0 Å². The van der Waals surface area contributed by atoms with Gasteiger partial charge in [0.05, 0.1) is 166 Å². The summed E-state index contributed by atoms with van der Waals surface area (Å²) in [6, 6.07) is 11.7.